The number of aliphatic hydroxyl groups excluding tert-OH is 1. The first-order chi connectivity index (χ1) is 24.4. The van der Waals surface area contributed by atoms with Crippen molar-refractivity contribution in [1.82, 2.24) is 5.32 Å². The molecule has 5 atom stereocenters. The molecule has 3 aromatic rings. The minimum atomic E-state index is -1.38. The van der Waals surface area contributed by atoms with Crippen molar-refractivity contribution in [1.29, 1.82) is 0 Å². The van der Waals surface area contributed by atoms with Gasteiger partial charge in [0.15, 0.2) is 12.2 Å². The predicted molar refractivity (Wildman–Crippen MR) is 180 cm³/mol. The Morgan fingerprint density at radius 3 is 1.98 bits per heavy atom. The van der Waals surface area contributed by atoms with E-state index in [-0.39, 0.29) is 43.5 Å². The third kappa shape index (κ3) is 9.01. The zero-order valence-corrected chi connectivity index (χ0v) is 28.6. The summed E-state index contributed by atoms with van der Waals surface area (Å²) in [6.07, 6.45) is -6.88. The van der Waals surface area contributed by atoms with Crippen molar-refractivity contribution in [2.24, 2.45) is 0 Å². The number of esters is 3. The molecule has 5 rings (SSSR count). The molecule has 1 aliphatic heterocycles. The molecule has 0 aromatic heterocycles. The molecular weight excluding hydrogens is 664 g/mol. The van der Waals surface area contributed by atoms with Crippen LogP contribution in [0.3, 0.4) is 0 Å². The Labute approximate surface area is 294 Å². The SMILES string of the molecule is CC(=O)O[C@@H]1[C@@H](OC(C)=O)[C@H](Oc2ccc(CO)cc2NC(=O)CCNC(=O)OCC2c3ccccc3-c3ccccc32)O[C@H](C)[C@H]1OC(C)=O. The Morgan fingerprint density at radius 1 is 0.784 bits per heavy atom. The summed E-state index contributed by atoms with van der Waals surface area (Å²) in [6, 6.07) is 20.5. The zero-order valence-electron chi connectivity index (χ0n) is 28.6. The molecule has 3 N–H and O–H groups in total. The van der Waals surface area contributed by atoms with E-state index in [0.29, 0.717) is 5.56 Å². The molecule has 2 aliphatic rings. The predicted octanol–water partition coefficient (Wildman–Crippen LogP) is 3.96. The number of hydrogen-bond acceptors (Lipinski definition) is 12. The van der Waals surface area contributed by atoms with Gasteiger partial charge < -0.3 is 44.2 Å². The number of benzene rings is 3. The molecule has 0 unspecified atom stereocenters. The van der Waals surface area contributed by atoms with Crippen molar-refractivity contribution in [3.8, 4) is 16.9 Å². The van der Waals surface area contributed by atoms with Crippen LogP contribution in [0.15, 0.2) is 66.7 Å². The first-order valence-corrected chi connectivity index (χ1v) is 16.4. The van der Waals surface area contributed by atoms with Crippen LogP contribution in [0.2, 0.25) is 0 Å². The Balaban J connectivity index is 1.22. The topological polar surface area (TPSA) is 185 Å². The van der Waals surface area contributed by atoms with Crippen LogP contribution in [0, 0.1) is 0 Å². The number of alkyl carbamates (subject to hydrolysis) is 1. The number of ether oxygens (including phenoxy) is 6. The van der Waals surface area contributed by atoms with Gasteiger partial charge in [0.2, 0.25) is 18.3 Å². The number of nitrogens with one attached hydrogen (secondary N) is 2. The van der Waals surface area contributed by atoms with Crippen LogP contribution < -0.4 is 15.4 Å². The van der Waals surface area contributed by atoms with Crippen LogP contribution in [0.4, 0.5) is 10.5 Å². The van der Waals surface area contributed by atoms with Crippen LogP contribution in [-0.4, -0.2) is 78.9 Å². The molecule has 1 fully saturated rings. The summed E-state index contributed by atoms with van der Waals surface area (Å²) in [5.41, 5.74) is 4.94. The van der Waals surface area contributed by atoms with Crippen LogP contribution >= 0.6 is 0 Å². The van der Waals surface area contributed by atoms with Crippen LogP contribution in [-0.2, 0) is 49.5 Å². The quantitative estimate of drug-likeness (QED) is 0.182. The van der Waals surface area contributed by atoms with E-state index in [1.54, 1.807) is 13.0 Å². The van der Waals surface area contributed by atoms with E-state index in [0.717, 1.165) is 36.1 Å². The molecule has 270 valence electrons. The highest BCUT2D eigenvalue weighted by atomic mass is 16.7. The molecule has 51 heavy (non-hydrogen) atoms. The zero-order chi connectivity index (χ0) is 36.7. The molecule has 0 saturated carbocycles. The molecule has 14 heteroatoms. The molecule has 0 radical (unpaired) electrons. The molecular formula is C37H40N2O12. The van der Waals surface area contributed by atoms with Crippen molar-refractivity contribution in [2.45, 2.75) is 77.3 Å². The highest BCUT2D eigenvalue weighted by molar-refractivity contribution is 5.92. The minimum absolute atomic E-state index is 0.0439. The van der Waals surface area contributed by atoms with E-state index >= 15 is 0 Å². The van der Waals surface area contributed by atoms with E-state index in [4.69, 9.17) is 28.4 Å². The average Bonchev–Trinajstić information content (AvgIpc) is 3.40. The van der Waals surface area contributed by atoms with Gasteiger partial charge in [0.1, 0.15) is 12.4 Å². The van der Waals surface area contributed by atoms with Crippen molar-refractivity contribution in [3.05, 3.63) is 83.4 Å². The summed E-state index contributed by atoms with van der Waals surface area (Å²) < 4.78 is 33.8. The maximum atomic E-state index is 13.0. The van der Waals surface area contributed by atoms with Crippen LogP contribution in [0.1, 0.15) is 56.7 Å². The van der Waals surface area contributed by atoms with Gasteiger partial charge in [-0.2, -0.15) is 0 Å². The second kappa shape index (κ2) is 16.5. The second-order valence-corrected chi connectivity index (χ2v) is 12.1. The third-order valence-electron chi connectivity index (χ3n) is 8.34. The largest absolute Gasteiger partial charge is 0.459 e. The fourth-order valence-corrected chi connectivity index (χ4v) is 6.21. The van der Waals surface area contributed by atoms with Gasteiger partial charge in [0, 0.05) is 39.7 Å². The molecule has 1 heterocycles. The number of carbonyl (C=O) groups is 5. The van der Waals surface area contributed by atoms with Crippen molar-refractivity contribution in [3.63, 3.8) is 0 Å². The summed E-state index contributed by atoms with van der Waals surface area (Å²) in [7, 11) is 0. The standard InChI is InChI=1S/C37H40N2O12/c1-20-33(48-21(2)41)34(49-22(3)42)35(50-23(4)43)36(47-20)51-31-14-13-24(18-40)17-30(31)39-32(44)15-16-38-37(45)46-19-29-27-11-7-5-9-25(27)26-10-6-8-12-28(26)29/h5-14,17,20,29,33-36,40H,15-16,18-19H2,1-4H3,(H,38,45)(H,39,44)/t20-,33-,34+,35-,36+/m1/s1. The van der Waals surface area contributed by atoms with Crippen molar-refractivity contribution < 1.29 is 57.5 Å². The Kier molecular flexibility index (Phi) is 11.9. The van der Waals surface area contributed by atoms with E-state index in [1.165, 1.54) is 19.1 Å². The average molecular weight is 705 g/mol. The van der Waals surface area contributed by atoms with E-state index in [9.17, 15) is 29.1 Å². The van der Waals surface area contributed by atoms with Gasteiger partial charge >= 0.3 is 24.0 Å². The van der Waals surface area contributed by atoms with Gasteiger partial charge in [-0.1, -0.05) is 54.6 Å². The lowest BCUT2D eigenvalue weighted by atomic mass is 9.98. The highest BCUT2D eigenvalue weighted by Gasteiger charge is 2.51. The van der Waals surface area contributed by atoms with Crippen molar-refractivity contribution in [2.75, 3.05) is 18.5 Å². The van der Waals surface area contributed by atoms with E-state index < -0.39 is 60.6 Å². The van der Waals surface area contributed by atoms with Gasteiger partial charge in [-0.15, -0.1) is 0 Å². The Hall–Kier alpha value is -5.47. The molecule has 1 aliphatic carbocycles. The summed E-state index contributed by atoms with van der Waals surface area (Å²) in [6.45, 7) is 4.75. The molecule has 1 saturated heterocycles. The van der Waals surface area contributed by atoms with Crippen molar-refractivity contribution >= 4 is 35.6 Å². The lowest BCUT2D eigenvalue weighted by molar-refractivity contribution is -0.280. The number of amides is 2. The summed E-state index contributed by atoms with van der Waals surface area (Å²) >= 11 is 0. The molecule has 0 bridgehead atoms. The second-order valence-electron chi connectivity index (χ2n) is 12.1. The number of anilines is 1. The number of fused-ring (bicyclic) bond motifs is 3. The van der Waals surface area contributed by atoms with Crippen LogP contribution in [0.5, 0.6) is 5.75 Å². The number of rotatable bonds is 12. The van der Waals surface area contributed by atoms with E-state index in [2.05, 4.69) is 10.6 Å². The number of carbonyl (C=O) groups excluding carboxylic acids is 5. The Morgan fingerprint density at radius 2 is 1.37 bits per heavy atom. The smallest absolute Gasteiger partial charge is 0.407 e. The lowest BCUT2D eigenvalue weighted by Crippen LogP contribution is -2.62. The lowest BCUT2D eigenvalue weighted by Gasteiger charge is -2.43. The fraction of sp³-hybridized carbons (Fsp3) is 0.378. The fourth-order valence-electron chi connectivity index (χ4n) is 6.21. The molecule has 2 amide bonds. The first-order valence-electron chi connectivity index (χ1n) is 16.4. The van der Waals surface area contributed by atoms with Gasteiger partial charge in [-0.05, 0) is 46.9 Å². The maximum absolute atomic E-state index is 13.0. The van der Waals surface area contributed by atoms with Gasteiger partial charge in [-0.3, -0.25) is 19.2 Å². The van der Waals surface area contributed by atoms with Gasteiger partial charge in [0.05, 0.1) is 18.4 Å². The number of aliphatic hydroxyl groups is 1. The van der Waals surface area contributed by atoms with Gasteiger partial charge in [0.25, 0.3) is 0 Å². The monoisotopic (exact) mass is 704 g/mol. The normalized spacial score (nSPS) is 20.6. The Bertz CT molecular complexity index is 1730. The maximum Gasteiger partial charge on any atom is 0.407 e. The number of hydrogen-bond donors (Lipinski definition) is 3. The van der Waals surface area contributed by atoms with Crippen LogP contribution in [0.25, 0.3) is 11.1 Å². The molecule has 3 aromatic carbocycles. The summed E-state index contributed by atoms with van der Waals surface area (Å²) in [5, 5.41) is 15.1. The third-order valence-corrected chi connectivity index (χ3v) is 8.34. The molecule has 0 spiro atoms. The minimum Gasteiger partial charge on any atom is -0.459 e. The highest BCUT2D eigenvalue weighted by Crippen LogP contribution is 2.44. The first kappa shape index (κ1) is 36.8. The van der Waals surface area contributed by atoms with E-state index in [1.807, 2.05) is 48.5 Å². The molecule has 14 nitrogen and oxygen atoms in total. The summed E-state index contributed by atoms with van der Waals surface area (Å²) in [5.74, 6) is -2.71. The van der Waals surface area contributed by atoms with Gasteiger partial charge in [-0.25, -0.2) is 4.79 Å². The summed E-state index contributed by atoms with van der Waals surface area (Å²) in [4.78, 5) is 61.6.